The molecule has 2 rings (SSSR count). The van der Waals surface area contributed by atoms with Crippen molar-refractivity contribution in [2.45, 2.75) is 26.4 Å². The van der Waals surface area contributed by atoms with Gasteiger partial charge in [-0.2, -0.15) is 13.2 Å². The lowest BCUT2D eigenvalue weighted by Gasteiger charge is -2.09. The highest BCUT2D eigenvalue weighted by Gasteiger charge is 2.27. The molecule has 0 aliphatic carbocycles. The molecule has 0 saturated heterocycles. The average molecular weight is 326 g/mol. The van der Waals surface area contributed by atoms with Gasteiger partial charge >= 0.3 is 12.1 Å². The molecule has 0 spiro atoms. The highest BCUT2D eigenvalue weighted by molar-refractivity contribution is 5.92. The first kappa shape index (κ1) is 18.5. The van der Waals surface area contributed by atoms with E-state index in [4.69, 9.17) is 10.8 Å². The number of aromatic carboxylic acids is 1. The van der Waals surface area contributed by atoms with E-state index in [2.05, 4.69) is 4.98 Å². The van der Waals surface area contributed by atoms with Crippen molar-refractivity contribution in [2.24, 2.45) is 0 Å². The van der Waals surface area contributed by atoms with E-state index in [1.165, 1.54) is 30.5 Å². The van der Waals surface area contributed by atoms with Crippen LogP contribution in [0.2, 0.25) is 0 Å². The summed E-state index contributed by atoms with van der Waals surface area (Å²) < 4.78 is 37.2. The van der Waals surface area contributed by atoms with Crippen molar-refractivity contribution in [3.05, 3.63) is 47.8 Å². The molecule has 2 aromatic rings. The van der Waals surface area contributed by atoms with Gasteiger partial charge in [0.05, 0.1) is 12.1 Å². The third-order valence-electron chi connectivity index (χ3n) is 2.78. The molecule has 1 heterocycles. The number of carbonyl (C=O) groups is 1. The zero-order valence-corrected chi connectivity index (χ0v) is 12.7. The molecule has 0 aliphatic rings. The molecule has 0 amide bonds. The second kappa shape index (κ2) is 7.62. The number of nitrogens with two attached hydrogens (primary N) is 1. The van der Waals surface area contributed by atoms with E-state index in [1.807, 2.05) is 13.8 Å². The van der Waals surface area contributed by atoms with Crippen LogP contribution in [0.5, 0.6) is 0 Å². The molecular weight excluding hydrogens is 309 g/mol. The molecule has 3 N–H and O–H groups in total. The molecule has 1 aromatic carbocycles. The maximum Gasteiger partial charge on any atom is 0.393 e. The summed E-state index contributed by atoms with van der Waals surface area (Å²) in [6.07, 6.45) is -4.05. The first-order chi connectivity index (χ1) is 10.8. The van der Waals surface area contributed by atoms with Gasteiger partial charge < -0.3 is 10.8 Å². The fourth-order valence-corrected chi connectivity index (χ4v) is 1.91. The third-order valence-corrected chi connectivity index (χ3v) is 2.78. The number of carboxylic acid groups (broad SMARTS) is 1. The Morgan fingerprint density at radius 2 is 1.87 bits per heavy atom. The van der Waals surface area contributed by atoms with Gasteiger partial charge in [-0.15, -0.1) is 0 Å². The van der Waals surface area contributed by atoms with Crippen LogP contribution in [0.15, 0.2) is 36.5 Å². The molecule has 0 atom stereocenters. The Labute approximate surface area is 131 Å². The van der Waals surface area contributed by atoms with Crippen LogP contribution in [0.1, 0.15) is 29.9 Å². The van der Waals surface area contributed by atoms with Crippen LogP contribution in [-0.4, -0.2) is 22.2 Å². The lowest BCUT2D eigenvalue weighted by molar-refractivity contribution is -0.127. The maximum atomic E-state index is 12.4. The van der Waals surface area contributed by atoms with E-state index in [1.54, 1.807) is 6.07 Å². The number of benzene rings is 1. The Balaban J connectivity index is 0.00000127. The minimum atomic E-state index is -4.29. The molecule has 4 nitrogen and oxygen atoms in total. The van der Waals surface area contributed by atoms with Crippen LogP contribution in [0.4, 0.5) is 18.9 Å². The van der Waals surface area contributed by atoms with Gasteiger partial charge in [-0.25, -0.2) is 9.78 Å². The summed E-state index contributed by atoms with van der Waals surface area (Å²) in [5.74, 6) is -1.26. The Hall–Kier alpha value is -2.57. The predicted molar refractivity (Wildman–Crippen MR) is 82.2 cm³/mol. The van der Waals surface area contributed by atoms with Crippen molar-refractivity contribution in [3.8, 4) is 11.1 Å². The lowest BCUT2D eigenvalue weighted by atomic mass is 10.0. The molecule has 7 heteroatoms. The van der Waals surface area contributed by atoms with Gasteiger partial charge in [0.25, 0.3) is 0 Å². The topological polar surface area (TPSA) is 76.2 Å². The number of pyridine rings is 1. The van der Waals surface area contributed by atoms with Crippen LogP contribution in [0.25, 0.3) is 11.1 Å². The van der Waals surface area contributed by atoms with Crippen molar-refractivity contribution in [1.29, 1.82) is 0 Å². The van der Waals surface area contributed by atoms with Crippen LogP contribution in [0.3, 0.4) is 0 Å². The van der Waals surface area contributed by atoms with Crippen molar-refractivity contribution in [3.63, 3.8) is 0 Å². The van der Waals surface area contributed by atoms with E-state index in [0.29, 0.717) is 11.1 Å². The number of nitrogens with zero attached hydrogens (tertiary/aromatic N) is 1. The maximum absolute atomic E-state index is 12.4. The number of alkyl halides is 3. The molecule has 0 radical (unpaired) electrons. The van der Waals surface area contributed by atoms with E-state index in [0.717, 1.165) is 0 Å². The molecule has 1 aromatic heterocycles. The molecular formula is C16H17F3N2O2. The lowest BCUT2D eigenvalue weighted by Crippen LogP contribution is -2.11. The summed E-state index contributed by atoms with van der Waals surface area (Å²) in [6, 6.07) is 7.24. The Morgan fingerprint density at radius 3 is 2.39 bits per heavy atom. The molecule has 0 bridgehead atoms. The van der Waals surface area contributed by atoms with Gasteiger partial charge in [0.15, 0.2) is 5.69 Å². The van der Waals surface area contributed by atoms with Gasteiger partial charge in [-0.3, -0.25) is 0 Å². The van der Waals surface area contributed by atoms with Gasteiger partial charge in [-0.05, 0) is 17.2 Å². The number of aromatic nitrogens is 1. The monoisotopic (exact) mass is 326 g/mol. The summed E-state index contributed by atoms with van der Waals surface area (Å²) in [6.45, 7) is 4.00. The molecule has 0 aliphatic heterocycles. The number of rotatable bonds is 3. The largest absolute Gasteiger partial charge is 0.476 e. The molecule has 124 valence electrons. The Kier molecular flexibility index (Phi) is 6.12. The van der Waals surface area contributed by atoms with Gasteiger partial charge in [0.1, 0.15) is 0 Å². The summed E-state index contributed by atoms with van der Waals surface area (Å²) in [5, 5.41) is 8.83. The predicted octanol–water partition coefficient (Wildman–Crippen LogP) is 4.16. The third kappa shape index (κ3) is 5.28. The van der Waals surface area contributed by atoms with Crippen LogP contribution in [-0.2, 0) is 6.42 Å². The molecule has 0 unspecified atom stereocenters. The second-order valence-electron chi connectivity index (χ2n) is 4.46. The fourth-order valence-electron chi connectivity index (χ4n) is 1.91. The first-order valence-electron chi connectivity index (χ1n) is 6.91. The van der Waals surface area contributed by atoms with Crippen LogP contribution >= 0.6 is 0 Å². The number of hydrogen-bond acceptors (Lipinski definition) is 3. The van der Waals surface area contributed by atoms with Gasteiger partial charge in [-0.1, -0.05) is 38.1 Å². The zero-order valence-electron chi connectivity index (χ0n) is 12.7. The number of nitrogen functional groups attached to an aromatic ring is 1. The normalized spacial score (nSPS) is 10.7. The number of halogens is 3. The van der Waals surface area contributed by atoms with E-state index < -0.39 is 18.6 Å². The quantitative estimate of drug-likeness (QED) is 0.888. The molecule has 0 fully saturated rings. The van der Waals surface area contributed by atoms with Gasteiger partial charge in [0, 0.05) is 11.8 Å². The SMILES string of the molecule is CC.Nc1cc(-c2cccc(CC(F)(F)F)c2)cnc1C(=O)O. The van der Waals surface area contributed by atoms with Crippen molar-refractivity contribution >= 4 is 11.7 Å². The number of carboxylic acids is 1. The van der Waals surface area contributed by atoms with Crippen LogP contribution in [0, 0.1) is 0 Å². The highest BCUT2D eigenvalue weighted by atomic mass is 19.4. The summed E-state index contributed by atoms with van der Waals surface area (Å²) in [7, 11) is 0. The van der Waals surface area contributed by atoms with E-state index in [9.17, 15) is 18.0 Å². The van der Waals surface area contributed by atoms with E-state index in [-0.39, 0.29) is 16.9 Å². The standard InChI is InChI=1S/C14H11F3N2O2.C2H6/c15-14(16,17)6-8-2-1-3-9(4-8)10-5-11(18)12(13(20)21)19-7-10;1-2/h1-5,7H,6,18H2,(H,20,21);1-2H3. The Morgan fingerprint density at radius 1 is 1.22 bits per heavy atom. The van der Waals surface area contributed by atoms with Crippen LogP contribution < -0.4 is 5.73 Å². The first-order valence-corrected chi connectivity index (χ1v) is 6.91. The smallest absolute Gasteiger partial charge is 0.393 e. The molecule has 23 heavy (non-hydrogen) atoms. The van der Waals surface area contributed by atoms with Crippen molar-refractivity contribution in [1.82, 2.24) is 4.98 Å². The van der Waals surface area contributed by atoms with E-state index >= 15 is 0 Å². The average Bonchev–Trinajstić information content (AvgIpc) is 2.47. The Bertz CT molecular complexity index is 685. The van der Waals surface area contributed by atoms with Crippen molar-refractivity contribution in [2.75, 3.05) is 5.73 Å². The molecule has 0 saturated carbocycles. The fraction of sp³-hybridized carbons (Fsp3) is 0.250. The van der Waals surface area contributed by atoms with Crippen molar-refractivity contribution < 1.29 is 23.1 Å². The summed E-state index contributed by atoms with van der Waals surface area (Å²) >= 11 is 0. The highest BCUT2D eigenvalue weighted by Crippen LogP contribution is 2.26. The number of hydrogen-bond donors (Lipinski definition) is 2. The van der Waals surface area contributed by atoms with Gasteiger partial charge in [0.2, 0.25) is 0 Å². The summed E-state index contributed by atoms with van der Waals surface area (Å²) in [4.78, 5) is 14.5. The summed E-state index contributed by atoms with van der Waals surface area (Å²) in [5.41, 5.74) is 6.31. The minimum absolute atomic E-state index is 0.0405. The zero-order chi connectivity index (χ0) is 17.6. The second-order valence-corrected chi connectivity index (χ2v) is 4.46. The number of anilines is 1. The minimum Gasteiger partial charge on any atom is -0.476 e.